The molecular formula is C20H18N2S. The highest BCUT2D eigenvalue weighted by molar-refractivity contribution is 7.15. The summed E-state index contributed by atoms with van der Waals surface area (Å²) >= 11 is 1.80. The maximum absolute atomic E-state index is 4.88. The second kappa shape index (κ2) is 5.67. The SMILES string of the molecule is Cc1ccc(Cn2c(-c3ccc(C)s3)nc3ccccc32)cc1. The molecule has 0 unspecified atom stereocenters. The molecule has 0 aliphatic rings. The quantitative estimate of drug-likeness (QED) is 0.492. The smallest absolute Gasteiger partial charge is 0.151 e. The Morgan fingerprint density at radius 1 is 0.913 bits per heavy atom. The van der Waals surface area contributed by atoms with Crippen LogP contribution >= 0.6 is 11.3 Å². The normalized spacial score (nSPS) is 11.2. The maximum Gasteiger partial charge on any atom is 0.151 e. The molecule has 4 rings (SSSR count). The van der Waals surface area contributed by atoms with Crippen LogP contribution in [0.5, 0.6) is 0 Å². The van der Waals surface area contributed by atoms with E-state index in [4.69, 9.17) is 4.98 Å². The van der Waals surface area contributed by atoms with Gasteiger partial charge in [0.05, 0.1) is 15.9 Å². The van der Waals surface area contributed by atoms with Crippen LogP contribution < -0.4 is 0 Å². The van der Waals surface area contributed by atoms with Gasteiger partial charge in [0.1, 0.15) is 0 Å². The number of thiophene rings is 1. The van der Waals surface area contributed by atoms with Crippen LogP contribution in [-0.4, -0.2) is 9.55 Å². The summed E-state index contributed by atoms with van der Waals surface area (Å²) in [6.07, 6.45) is 0. The zero-order chi connectivity index (χ0) is 15.8. The largest absolute Gasteiger partial charge is 0.319 e. The van der Waals surface area contributed by atoms with Crippen LogP contribution in [0.25, 0.3) is 21.7 Å². The van der Waals surface area contributed by atoms with Gasteiger partial charge in [-0.15, -0.1) is 11.3 Å². The number of benzene rings is 2. The minimum Gasteiger partial charge on any atom is -0.319 e. The van der Waals surface area contributed by atoms with Gasteiger partial charge >= 0.3 is 0 Å². The lowest BCUT2D eigenvalue weighted by Crippen LogP contribution is -2.01. The van der Waals surface area contributed by atoms with Crippen molar-refractivity contribution in [2.24, 2.45) is 0 Å². The number of nitrogens with zero attached hydrogens (tertiary/aromatic N) is 2. The number of para-hydroxylation sites is 2. The summed E-state index contributed by atoms with van der Waals surface area (Å²) in [7, 11) is 0. The molecule has 0 saturated carbocycles. The highest BCUT2D eigenvalue weighted by Crippen LogP contribution is 2.30. The van der Waals surface area contributed by atoms with Crippen molar-refractivity contribution in [3.05, 3.63) is 76.7 Å². The molecule has 114 valence electrons. The van der Waals surface area contributed by atoms with Gasteiger partial charge in [0.25, 0.3) is 0 Å². The van der Waals surface area contributed by atoms with Gasteiger partial charge in [0.15, 0.2) is 5.82 Å². The Labute approximate surface area is 140 Å². The predicted octanol–water partition coefficient (Wildman–Crippen LogP) is 5.43. The summed E-state index contributed by atoms with van der Waals surface area (Å²) in [5.41, 5.74) is 4.83. The van der Waals surface area contributed by atoms with Crippen LogP contribution in [0.15, 0.2) is 60.7 Å². The molecule has 0 aliphatic heterocycles. The number of hydrogen-bond donors (Lipinski definition) is 0. The maximum atomic E-state index is 4.88. The van der Waals surface area contributed by atoms with Gasteiger partial charge in [-0.25, -0.2) is 4.98 Å². The van der Waals surface area contributed by atoms with Gasteiger partial charge in [-0.1, -0.05) is 42.0 Å². The summed E-state index contributed by atoms with van der Waals surface area (Å²) in [4.78, 5) is 7.42. The van der Waals surface area contributed by atoms with Crippen molar-refractivity contribution < 1.29 is 0 Å². The number of fused-ring (bicyclic) bond motifs is 1. The molecule has 23 heavy (non-hydrogen) atoms. The molecule has 4 aromatic rings. The third kappa shape index (κ3) is 2.68. The van der Waals surface area contributed by atoms with Crippen LogP contribution in [-0.2, 0) is 6.54 Å². The summed E-state index contributed by atoms with van der Waals surface area (Å²) in [5, 5.41) is 0. The topological polar surface area (TPSA) is 17.8 Å². The standard InChI is InChI=1S/C20H18N2S/c1-14-7-10-16(11-8-14)13-22-18-6-4-3-5-17(18)21-20(22)19-12-9-15(2)23-19/h3-12H,13H2,1-2H3. The van der Waals surface area contributed by atoms with Gasteiger partial charge in [-0.2, -0.15) is 0 Å². The zero-order valence-electron chi connectivity index (χ0n) is 13.3. The molecule has 3 heteroatoms. The van der Waals surface area contributed by atoms with Crippen molar-refractivity contribution in [1.82, 2.24) is 9.55 Å². The van der Waals surface area contributed by atoms with Gasteiger partial charge in [0, 0.05) is 11.4 Å². The lowest BCUT2D eigenvalue weighted by Gasteiger charge is -2.09. The molecule has 2 heterocycles. The van der Waals surface area contributed by atoms with Crippen LogP contribution in [0.1, 0.15) is 16.0 Å². The summed E-state index contributed by atoms with van der Waals surface area (Å²) in [5.74, 6) is 1.06. The molecule has 2 aromatic carbocycles. The lowest BCUT2D eigenvalue weighted by molar-refractivity contribution is 0.836. The molecule has 0 spiro atoms. The van der Waals surface area contributed by atoms with Gasteiger partial charge in [-0.3, -0.25) is 0 Å². The summed E-state index contributed by atoms with van der Waals surface area (Å²) in [6, 6.07) is 21.5. The van der Waals surface area contributed by atoms with E-state index in [2.05, 4.69) is 79.1 Å². The Bertz CT molecular complexity index is 961. The summed E-state index contributed by atoms with van der Waals surface area (Å²) in [6.45, 7) is 5.10. The van der Waals surface area contributed by atoms with Gasteiger partial charge < -0.3 is 4.57 Å². The van der Waals surface area contributed by atoms with E-state index in [0.29, 0.717) is 0 Å². The second-order valence-corrected chi connectivity index (χ2v) is 7.19. The van der Waals surface area contributed by atoms with Crippen molar-refractivity contribution in [2.75, 3.05) is 0 Å². The van der Waals surface area contributed by atoms with Crippen LogP contribution in [0.3, 0.4) is 0 Å². The molecule has 0 bridgehead atoms. The molecule has 0 N–H and O–H groups in total. The van der Waals surface area contributed by atoms with E-state index in [1.165, 1.54) is 26.4 Å². The molecule has 0 amide bonds. The molecule has 0 radical (unpaired) electrons. The van der Waals surface area contributed by atoms with E-state index in [9.17, 15) is 0 Å². The molecular weight excluding hydrogens is 300 g/mol. The minimum atomic E-state index is 0.840. The third-order valence-corrected chi connectivity index (χ3v) is 5.07. The molecule has 2 aromatic heterocycles. The zero-order valence-corrected chi connectivity index (χ0v) is 14.1. The number of hydrogen-bond acceptors (Lipinski definition) is 2. The predicted molar refractivity (Wildman–Crippen MR) is 98.1 cm³/mol. The Hall–Kier alpha value is -2.39. The minimum absolute atomic E-state index is 0.840. The molecule has 2 nitrogen and oxygen atoms in total. The second-order valence-electron chi connectivity index (χ2n) is 5.91. The first kappa shape index (κ1) is 14.2. The molecule has 0 saturated heterocycles. The Morgan fingerprint density at radius 3 is 2.43 bits per heavy atom. The Kier molecular flexibility index (Phi) is 3.50. The number of aryl methyl sites for hydroxylation is 2. The van der Waals surface area contributed by atoms with Crippen molar-refractivity contribution in [2.45, 2.75) is 20.4 Å². The fraction of sp³-hybridized carbons (Fsp3) is 0.150. The first-order valence-electron chi connectivity index (χ1n) is 7.78. The van der Waals surface area contributed by atoms with Crippen molar-refractivity contribution in [1.29, 1.82) is 0 Å². The van der Waals surface area contributed by atoms with Gasteiger partial charge in [-0.05, 0) is 43.7 Å². The van der Waals surface area contributed by atoms with Crippen LogP contribution in [0.4, 0.5) is 0 Å². The van der Waals surface area contributed by atoms with Crippen molar-refractivity contribution >= 4 is 22.4 Å². The van der Waals surface area contributed by atoms with Crippen LogP contribution in [0.2, 0.25) is 0 Å². The first-order valence-corrected chi connectivity index (χ1v) is 8.60. The molecule has 0 fully saturated rings. The first-order chi connectivity index (χ1) is 11.2. The average Bonchev–Trinajstić information content (AvgIpc) is 3.14. The van der Waals surface area contributed by atoms with E-state index < -0.39 is 0 Å². The van der Waals surface area contributed by atoms with Gasteiger partial charge in [0.2, 0.25) is 0 Å². The highest BCUT2D eigenvalue weighted by Gasteiger charge is 2.14. The summed E-state index contributed by atoms with van der Waals surface area (Å²) < 4.78 is 2.32. The van der Waals surface area contributed by atoms with E-state index in [1.54, 1.807) is 11.3 Å². The van der Waals surface area contributed by atoms with E-state index >= 15 is 0 Å². The monoisotopic (exact) mass is 318 g/mol. The Morgan fingerprint density at radius 2 is 1.70 bits per heavy atom. The van der Waals surface area contributed by atoms with E-state index in [-0.39, 0.29) is 0 Å². The molecule has 0 atom stereocenters. The number of rotatable bonds is 3. The lowest BCUT2D eigenvalue weighted by atomic mass is 10.1. The molecule has 0 aliphatic carbocycles. The number of aromatic nitrogens is 2. The fourth-order valence-corrected chi connectivity index (χ4v) is 3.72. The van der Waals surface area contributed by atoms with Crippen LogP contribution in [0, 0.1) is 13.8 Å². The van der Waals surface area contributed by atoms with E-state index in [0.717, 1.165) is 17.9 Å². The van der Waals surface area contributed by atoms with Crippen molar-refractivity contribution in [3.8, 4) is 10.7 Å². The third-order valence-electron chi connectivity index (χ3n) is 4.08. The Balaban J connectivity index is 1.87. The average molecular weight is 318 g/mol. The fourth-order valence-electron chi connectivity index (χ4n) is 2.85. The van der Waals surface area contributed by atoms with Crippen molar-refractivity contribution in [3.63, 3.8) is 0 Å². The number of imidazole rings is 1. The van der Waals surface area contributed by atoms with E-state index in [1.807, 2.05) is 0 Å². The highest BCUT2D eigenvalue weighted by atomic mass is 32.1.